The van der Waals surface area contributed by atoms with Crippen LogP contribution in [0.1, 0.15) is 39.2 Å². The number of nitrogen functional groups attached to an aromatic ring is 1. The minimum absolute atomic E-state index is 0.371. The number of aromatic nitrogens is 4. The fraction of sp³-hybridized carbons (Fsp3) is 0.421. The van der Waals surface area contributed by atoms with E-state index in [0.717, 1.165) is 34.6 Å². The molecule has 5 heteroatoms. The molecule has 24 heavy (non-hydrogen) atoms. The van der Waals surface area contributed by atoms with Crippen LogP contribution in [0.4, 0.5) is 5.82 Å². The van der Waals surface area contributed by atoms with Crippen molar-refractivity contribution < 1.29 is 0 Å². The molecule has 2 heterocycles. The predicted octanol–water partition coefficient (Wildman–Crippen LogP) is 4.07. The van der Waals surface area contributed by atoms with Crippen LogP contribution in [0, 0.1) is 11.8 Å². The van der Waals surface area contributed by atoms with Crippen molar-refractivity contribution >= 4 is 16.9 Å². The van der Waals surface area contributed by atoms with Gasteiger partial charge in [0.2, 0.25) is 0 Å². The smallest absolute Gasteiger partial charge is 0.164 e. The molecule has 4 rings (SSSR count). The number of nitrogens with zero attached hydrogens (tertiary/aromatic N) is 4. The number of rotatable bonds is 2. The standard InChI is InChI=1S/C19H23N5/c1-12-8-9-15(13(2)10-12)24-19-16(18(20)21-11-22-19)17(23-24)14-6-4-3-5-7-14/h3-7,11-13,15H,8-10H2,1-2H3,(H2,20,21,22). The van der Waals surface area contributed by atoms with Gasteiger partial charge >= 0.3 is 0 Å². The molecule has 1 aliphatic rings. The zero-order valence-corrected chi connectivity index (χ0v) is 14.2. The Labute approximate surface area is 141 Å². The summed E-state index contributed by atoms with van der Waals surface area (Å²) in [6.45, 7) is 4.66. The van der Waals surface area contributed by atoms with Gasteiger partial charge in [0.25, 0.3) is 0 Å². The Morgan fingerprint density at radius 1 is 1.08 bits per heavy atom. The molecule has 0 amide bonds. The molecule has 0 aliphatic heterocycles. The van der Waals surface area contributed by atoms with Gasteiger partial charge in [0.05, 0.1) is 11.4 Å². The Morgan fingerprint density at radius 2 is 1.88 bits per heavy atom. The predicted molar refractivity (Wildman–Crippen MR) is 96.4 cm³/mol. The summed E-state index contributed by atoms with van der Waals surface area (Å²) in [6.07, 6.45) is 5.14. The molecule has 2 N–H and O–H groups in total. The zero-order valence-electron chi connectivity index (χ0n) is 14.2. The maximum Gasteiger partial charge on any atom is 0.164 e. The van der Waals surface area contributed by atoms with E-state index in [1.54, 1.807) is 6.33 Å². The van der Waals surface area contributed by atoms with Crippen molar-refractivity contribution in [2.24, 2.45) is 11.8 Å². The summed E-state index contributed by atoms with van der Waals surface area (Å²) in [5.74, 6) is 1.87. The monoisotopic (exact) mass is 321 g/mol. The molecule has 1 saturated carbocycles. The molecule has 0 spiro atoms. The van der Waals surface area contributed by atoms with Gasteiger partial charge in [-0.25, -0.2) is 14.6 Å². The fourth-order valence-corrected chi connectivity index (χ4v) is 4.04. The molecule has 0 saturated heterocycles. The Balaban J connectivity index is 1.90. The lowest BCUT2D eigenvalue weighted by atomic mass is 9.80. The minimum atomic E-state index is 0.371. The number of hydrogen-bond acceptors (Lipinski definition) is 4. The van der Waals surface area contributed by atoms with Crippen LogP contribution in [0.5, 0.6) is 0 Å². The maximum absolute atomic E-state index is 6.19. The second kappa shape index (κ2) is 5.89. The highest BCUT2D eigenvalue weighted by Crippen LogP contribution is 2.40. The van der Waals surface area contributed by atoms with Gasteiger partial charge in [0.15, 0.2) is 5.65 Å². The number of fused-ring (bicyclic) bond motifs is 1. The van der Waals surface area contributed by atoms with Crippen LogP contribution in [0.15, 0.2) is 36.7 Å². The summed E-state index contributed by atoms with van der Waals surface area (Å²) < 4.78 is 2.10. The van der Waals surface area contributed by atoms with Crippen molar-refractivity contribution in [2.75, 3.05) is 5.73 Å². The molecule has 2 aromatic heterocycles. The summed E-state index contributed by atoms with van der Waals surface area (Å²) in [5, 5.41) is 5.82. The zero-order chi connectivity index (χ0) is 16.7. The minimum Gasteiger partial charge on any atom is -0.383 e. The van der Waals surface area contributed by atoms with Gasteiger partial charge in [-0.2, -0.15) is 5.10 Å². The van der Waals surface area contributed by atoms with Crippen molar-refractivity contribution in [2.45, 2.75) is 39.2 Å². The Kier molecular flexibility index (Phi) is 3.71. The Morgan fingerprint density at radius 3 is 2.62 bits per heavy atom. The van der Waals surface area contributed by atoms with Crippen LogP contribution in [0.2, 0.25) is 0 Å². The molecule has 3 unspecified atom stereocenters. The van der Waals surface area contributed by atoms with E-state index in [-0.39, 0.29) is 0 Å². The first-order valence-electron chi connectivity index (χ1n) is 8.69. The van der Waals surface area contributed by atoms with Crippen LogP contribution in [0.3, 0.4) is 0 Å². The van der Waals surface area contributed by atoms with E-state index in [1.807, 2.05) is 18.2 Å². The van der Waals surface area contributed by atoms with Crippen molar-refractivity contribution in [1.29, 1.82) is 0 Å². The summed E-state index contributed by atoms with van der Waals surface area (Å²) in [5.41, 5.74) is 8.98. The molecule has 0 radical (unpaired) electrons. The maximum atomic E-state index is 6.19. The third kappa shape index (κ3) is 2.44. The van der Waals surface area contributed by atoms with E-state index < -0.39 is 0 Å². The number of anilines is 1. The molecule has 1 aromatic carbocycles. The molecule has 1 aliphatic carbocycles. The fourth-order valence-electron chi connectivity index (χ4n) is 4.04. The van der Waals surface area contributed by atoms with Gasteiger partial charge in [-0.15, -0.1) is 0 Å². The highest BCUT2D eigenvalue weighted by molar-refractivity contribution is 5.98. The normalized spacial score (nSPS) is 24.3. The second-order valence-electron chi connectivity index (χ2n) is 7.08. The molecule has 124 valence electrons. The van der Waals surface area contributed by atoms with Gasteiger partial charge in [-0.3, -0.25) is 0 Å². The molecule has 3 atom stereocenters. The first kappa shape index (κ1) is 15.1. The van der Waals surface area contributed by atoms with E-state index in [0.29, 0.717) is 17.8 Å². The van der Waals surface area contributed by atoms with Gasteiger partial charge < -0.3 is 5.73 Å². The first-order chi connectivity index (χ1) is 11.6. The van der Waals surface area contributed by atoms with Crippen LogP contribution < -0.4 is 5.73 Å². The van der Waals surface area contributed by atoms with Crippen molar-refractivity contribution in [3.05, 3.63) is 36.7 Å². The number of benzene rings is 1. The van der Waals surface area contributed by atoms with Gasteiger partial charge in [0, 0.05) is 5.56 Å². The first-order valence-corrected chi connectivity index (χ1v) is 8.69. The summed E-state index contributed by atoms with van der Waals surface area (Å²) >= 11 is 0. The Bertz CT molecular complexity index is 855. The largest absolute Gasteiger partial charge is 0.383 e. The highest BCUT2D eigenvalue weighted by Gasteiger charge is 2.30. The topological polar surface area (TPSA) is 69.6 Å². The molecule has 5 nitrogen and oxygen atoms in total. The van der Waals surface area contributed by atoms with Crippen molar-refractivity contribution in [3.8, 4) is 11.3 Å². The quantitative estimate of drug-likeness (QED) is 0.772. The van der Waals surface area contributed by atoms with E-state index in [9.17, 15) is 0 Å². The van der Waals surface area contributed by atoms with E-state index >= 15 is 0 Å². The van der Waals surface area contributed by atoms with Crippen LogP contribution in [-0.2, 0) is 0 Å². The van der Waals surface area contributed by atoms with E-state index in [2.05, 4.69) is 40.6 Å². The third-order valence-corrected chi connectivity index (χ3v) is 5.27. The summed E-state index contributed by atoms with van der Waals surface area (Å²) in [6, 6.07) is 10.5. The molecule has 0 bridgehead atoms. The highest BCUT2D eigenvalue weighted by atomic mass is 15.3. The molecular formula is C19H23N5. The number of hydrogen-bond donors (Lipinski definition) is 1. The molecule has 1 fully saturated rings. The van der Waals surface area contributed by atoms with Gasteiger partial charge in [-0.05, 0) is 31.1 Å². The summed E-state index contributed by atoms with van der Waals surface area (Å²) in [7, 11) is 0. The average Bonchev–Trinajstić information content (AvgIpc) is 2.97. The van der Waals surface area contributed by atoms with E-state index in [1.165, 1.54) is 12.8 Å². The van der Waals surface area contributed by atoms with Crippen LogP contribution >= 0.6 is 0 Å². The second-order valence-corrected chi connectivity index (χ2v) is 7.08. The average molecular weight is 321 g/mol. The van der Waals surface area contributed by atoms with E-state index in [4.69, 9.17) is 10.8 Å². The lowest BCUT2D eigenvalue weighted by molar-refractivity contribution is 0.199. The van der Waals surface area contributed by atoms with Crippen LogP contribution in [-0.4, -0.2) is 19.7 Å². The number of nitrogens with two attached hydrogens (primary N) is 1. The molecular weight excluding hydrogens is 298 g/mol. The Hall–Kier alpha value is -2.43. The lowest BCUT2D eigenvalue weighted by Crippen LogP contribution is -2.25. The summed E-state index contributed by atoms with van der Waals surface area (Å²) in [4.78, 5) is 8.72. The molecule has 3 aromatic rings. The van der Waals surface area contributed by atoms with Crippen molar-refractivity contribution in [3.63, 3.8) is 0 Å². The van der Waals surface area contributed by atoms with Crippen LogP contribution in [0.25, 0.3) is 22.3 Å². The SMILES string of the molecule is CC1CCC(n2nc(-c3ccccc3)c3c(N)ncnc32)C(C)C1. The van der Waals surface area contributed by atoms with Crippen molar-refractivity contribution in [1.82, 2.24) is 19.7 Å². The third-order valence-electron chi connectivity index (χ3n) is 5.27. The van der Waals surface area contributed by atoms with Gasteiger partial charge in [0.1, 0.15) is 17.8 Å². The van der Waals surface area contributed by atoms with Gasteiger partial charge in [-0.1, -0.05) is 44.2 Å². The lowest BCUT2D eigenvalue weighted by Gasteiger charge is -2.32.